The highest BCUT2D eigenvalue weighted by atomic mass is 16.5. The van der Waals surface area contributed by atoms with Crippen LogP contribution in [0.1, 0.15) is 62.5 Å². The number of benzene rings is 1. The van der Waals surface area contributed by atoms with Crippen molar-refractivity contribution in [1.29, 1.82) is 0 Å². The molecule has 2 saturated carbocycles. The van der Waals surface area contributed by atoms with Crippen LogP contribution in [-0.4, -0.2) is 12.2 Å². The maximum Gasteiger partial charge on any atom is 0.119 e. The van der Waals surface area contributed by atoms with E-state index in [9.17, 15) is 5.11 Å². The van der Waals surface area contributed by atoms with Crippen molar-refractivity contribution in [2.24, 2.45) is 5.41 Å². The first-order valence-electron chi connectivity index (χ1n) is 7.95. The summed E-state index contributed by atoms with van der Waals surface area (Å²) in [5.41, 5.74) is 2.19. The molecule has 3 rings (SSSR count). The zero-order chi connectivity index (χ0) is 14.2. The zero-order valence-corrected chi connectivity index (χ0v) is 12.7. The molecule has 2 heteroatoms. The third-order valence-electron chi connectivity index (χ3n) is 5.74. The number of aliphatic hydroxyl groups is 1. The van der Waals surface area contributed by atoms with Gasteiger partial charge in [-0.1, -0.05) is 18.9 Å². The molecule has 1 N–H and O–H groups in total. The van der Waals surface area contributed by atoms with Crippen molar-refractivity contribution < 1.29 is 9.84 Å². The van der Waals surface area contributed by atoms with Crippen LogP contribution in [0.15, 0.2) is 18.2 Å². The molecule has 1 aromatic rings. The van der Waals surface area contributed by atoms with Crippen molar-refractivity contribution in [2.45, 2.75) is 63.9 Å². The number of hydrogen-bond acceptors (Lipinski definition) is 2. The van der Waals surface area contributed by atoms with E-state index in [-0.39, 0.29) is 0 Å². The Kier molecular flexibility index (Phi) is 3.53. The minimum atomic E-state index is -0.621. The number of hydrogen-bond donors (Lipinski definition) is 1. The molecule has 1 aromatic carbocycles. The van der Waals surface area contributed by atoms with Gasteiger partial charge in [0.1, 0.15) is 5.75 Å². The van der Waals surface area contributed by atoms with Crippen LogP contribution in [-0.2, 0) is 5.60 Å². The molecule has 0 aromatic heterocycles. The number of rotatable bonds is 2. The van der Waals surface area contributed by atoms with E-state index < -0.39 is 5.60 Å². The summed E-state index contributed by atoms with van der Waals surface area (Å²) >= 11 is 0. The Morgan fingerprint density at radius 3 is 2.20 bits per heavy atom. The van der Waals surface area contributed by atoms with Crippen molar-refractivity contribution in [2.75, 3.05) is 7.11 Å². The molecule has 20 heavy (non-hydrogen) atoms. The molecule has 0 saturated heterocycles. The second kappa shape index (κ2) is 5.07. The van der Waals surface area contributed by atoms with Crippen LogP contribution in [0.3, 0.4) is 0 Å². The maximum absolute atomic E-state index is 11.1. The van der Waals surface area contributed by atoms with E-state index in [1.807, 2.05) is 12.1 Å². The first-order chi connectivity index (χ1) is 9.57. The molecule has 0 heterocycles. The SMILES string of the molecule is COc1ccc(C2(O)CCC3(CCCC3)CC2)c(C)c1. The highest BCUT2D eigenvalue weighted by molar-refractivity contribution is 5.38. The van der Waals surface area contributed by atoms with E-state index >= 15 is 0 Å². The van der Waals surface area contributed by atoms with Gasteiger partial charge in [-0.05, 0) is 74.1 Å². The summed E-state index contributed by atoms with van der Waals surface area (Å²) in [5.74, 6) is 0.873. The predicted molar refractivity (Wildman–Crippen MR) is 81.0 cm³/mol. The van der Waals surface area contributed by atoms with Gasteiger partial charge >= 0.3 is 0 Å². The van der Waals surface area contributed by atoms with Crippen LogP contribution in [0.2, 0.25) is 0 Å². The lowest BCUT2D eigenvalue weighted by molar-refractivity contribution is -0.0380. The van der Waals surface area contributed by atoms with E-state index in [0.717, 1.165) is 29.7 Å². The van der Waals surface area contributed by atoms with Gasteiger partial charge in [0.2, 0.25) is 0 Å². The Morgan fingerprint density at radius 2 is 1.65 bits per heavy atom. The zero-order valence-electron chi connectivity index (χ0n) is 12.7. The molecular formula is C18H26O2. The molecule has 2 fully saturated rings. The van der Waals surface area contributed by atoms with E-state index in [2.05, 4.69) is 13.0 Å². The van der Waals surface area contributed by atoms with E-state index in [1.54, 1.807) is 7.11 Å². The lowest BCUT2D eigenvalue weighted by Crippen LogP contribution is -2.36. The Bertz CT molecular complexity index is 476. The van der Waals surface area contributed by atoms with Crippen LogP contribution < -0.4 is 4.74 Å². The fourth-order valence-corrected chi connectivity index (χ4v) is 4.37. The molecule has 1 spiro atoms. The van der Waals surface area contributed by atoms with Gasteiger partial charge in [-0.25, -0.2) is 0 Å². The Balaban J connectivity index is 1.80. The van der Waals surface area contributed by atoms with Gasteiger partial charge in [-0.2, -0.15) is 0 Å². The lowest BCUT2D eigenvalue weighted by Gasteiger charge is -2.43. The predicted octanol–water partition coefficient (Wildman–Crippen LogP) is 4.33. The molecule has 0 aliphatic heterocycles. The third-order valence-corrected chi connectivity index (χ3v) is 5.74. The van der Waals surface area contributed by atoms with Gasteiger partial charge in [0, 0.05) is 0 Å². The molecule has 110 valence electrons. The second-order valence-corrected chi connectivity index (χ2v) is 6.92. The van der Waals surface area contributed by atoms with Crippen LogP contribution in [0.4, 0.5) is 0 Å². The Morgan fingerprint density at radius 1 is 1.00 bits per heavy atom. The molecule has 0 bridgehead atoms. The van der Waals surface area contributed by atoms with Gasteiger partial charge < -0.3 is 9.84 Å². The molecule has 0 unspecified atom stereocenters. The average molecular weight is 274 g/mol. The minimum absolute atomic E-state index is 0.562. The van der Waals surface area contributed by atoms with Crippen LogP contribution in [0, 0.1) is 12.3 Å². The van der Waals surface area contributed by atoms with Crippen LogP contribution >= 0.6 is 0 Å². The van der Waals surface area contributed by atoms with Gasteiger partial charge in [-0.15, -0.1) is 0 Å². The highest BCUT2D eigenvalue weighted by Gasteiger charge is 2.44. The topological polar surface area (TPSA) is 29.5 Å². The highest BCUT2D eigenvalue weighted by Crippen LogP contribution is 2.53. The number of ether oxygens (including phenoxy) is 1. The lowest BCUT2D eigenvalue weighted by atomic mass is 9.65. The first kappa shape index (κ1) is 13.9. The van der Waals surface area contributed by atoms with Crippen LogP contribution in [0.5, 0.6) is 5.75 Å². The quantitative estimate of drug-likeness (QED) is 0.870. The van der Waals surface area contributed by atoms with E-state index in [0.29, 0.717) is 5.41 Å². The largest absolute Gasteiger partial charge is 0.497 e. The summed E-state index contributed by atoms with van der Waals surface area (Å²) in [5, 5.41) is 11.1. The molecule has 2 aliphatic carbocycles. The monoisotopic (exact) mass is 274 g/mol. The van der Waals surface area contributed by atoms with Crippen molar-refractivity contribution in [3.05, 3.63) is 29.3 Å². The summed E-state index contributed by atoms with van der Waals surface area (Å²) < 4.78 is 5.26. The summed E-state index contributed by atoms with van der Waals surface area (Å²) in [7, 11) is 1.69. The smallest absolute Gasteiger partial charge is 0.119 e. The Labute approximate surface area is 122 Å². The van der Waals surface area contributed by atoms with Crippen molar-refractivity contribution in [3.63, 3.8) is 0 Å². The molecular weight excluding hydrogens is 248 g/mol. The normalized spacial score (nSPS) is 23.9. The fraction of sp³-hybridized carbons (Fsp3) is 0.667. The molecule has 2 aliphatic rings. The molecule has 2 nitrogen and oxygen atoms in total. The van der Waals surface area contributed by atoms with Gasteiger partial charge in [0.05, 0.1) is 12.7 Å². The molecule has 0 radical (unpaired) electrons. The summed E-state index contributed by atoms with van der Waals surface area (Å²) in [6.07, 6.45) is 9.75. The van der Waals surface area contributed by atoms with Gasteiger partial charge in [-0.3, -0.25) is 0 Å². The number of methoxy groups -OCH3 is 1. The van der Waals surface area contributed by atoms with Crippen LogP contribution in [0.25, 0.3) is 0 Å². The number of aryl methyl sites for hydroxylation is 1. The van der Waals surface area contributed by atoms with Gasteiger partial charge in [0.25, 0.3) is 0 Å². The average Bonchev–Trinajstić information content (AvgIpc) is 2.91. The minimum Gasteiger partial charge on any atom is -0.497 e. The van der Waals surface area contributed by atoms with E-state index in [4.69, 9.17) is 4.74 Å². The first-order valence-corrected chi connectivity index (χ1v) is 7.95. The third kappa shape index (κ3) is 2.35. The molecule has 0 atom stereocenters. The van der Waals surface area contributed by atoms with E-state index in [1.165, 1.54) is 38.5 Å². The van der Waals surface area contributed by atoms with Crippen molar-refractivity contribution in [3.8, 4) is 5.75 Å². The van der Waals surface area contributed by atoms with Crippen molar-refractivity contribution in [1.82, 2.24) is 0 Å². The maximum atomic E-state index is 11.1. The second-order valence-electron chi connectivity index (χ2n) is 6.92. The molecule has 0 amide bonds. The Hall–Kier alpha value is -1.02. The summed E-state index contributed by atoms with van der Waals surface area (Å²) in [6, 6.07) is 6.06. The standard InChI is InChI=1S/C18H26O2/c1-14-13-15(20-2)5-6-16(14)18(19)11-9-17(10-12-18)7-3-4-8-17/h5-6,13,19H,3-4,7-12H2,1-2H3. The van der Waals surface area contributed by atoms with Gasteiger partial charge in [0.15, 0.2) is 0 Å². The summed E-state index contributed by atoms with van der Waals surface area (Å²) in [4.78, 5) is 0. The fourth-order valence-electron chi connectivity index (χ4n) is 4.37. The van der Waals surface area contributed by atoms with Crippen molar-refractivity contribution >= 4 is 0 Å². The summed E-state index contributed by atoms with van der Waals surface area (Å²) in [6.45, 7) is 2.08.